The fourth-order valence-electron chi connectivity index (χ4n) is 2.15. The molecule has 0 bridgehead atoms. The largest absolute Gasteiger partial charge is 0.399 e. The van der Waals surface area contributed by atoms with Crippen LogP contribution < -0.4 is 10.6 Å². The molecular formula is C16H14N4S. The number of thiazole rings is 1. The van der Waals surface area contributed by atoms with Crippen LogP contribution in [-0.4, -0.2) is 11.5 Å². The standard InChI is InChI=1S/C16H14N4S/c17-9-4-10-20(13-5-2-1-3-6-13)16-19-14-8-7-12(18)11-15(14)21-16/h1-3,5-8,11H,4,10,18H2. The van der Waals surface area contributed by atoms with Crippen molar-refractivity contribution in [3.63, 3.8) is 0 Å². The summed E-state index contributed by atoms with van der Waals surface area (Å²) in [4.78, 5) is 6.74. The van der Waals surface area contributed by atoms with E-state index in [9.17, 15) is 0 Å². The SMILES string of the molecule is N#CCCN(c1ccccc1)c1nc2ccc(N)cc2s1. The highest BCUT2D eigenvalue weighted by Gasteiger charge is 2.14. The van der Waals surface area contributed by atoms with Crippen molar-refractivity contribution >= 4 is 38.1 Å². The Morgan fingerprint density at radius 2 is 2.00 bits per heavy atom. The summed E-state index contributed by atoms with van der Waals surface area (Å²) in [6.07, 6.45) is 0.451. The highest BCUT2D eigenvalue weighted by molar-refractivity contribution is 7.22. The van der Waals surface area contributed by atoms with Gasteiger partial charge in [0.1, 0.15) is 0 Å². The van der Waals surface area contributed by atoms with E-state index in [-0.39, 0.29) is 0 Å². The highest BCUT2D eigenvalue weighted by Crippen LogP contribution is 2.34. The predicted molar refractivity (Wildman–Crippen MR) is 87.7 cm³/mol. The van der Waals surface area contributed by atoms with Crippen LogP contribution in [0.3, 0.4) is 0 Å². The summed E-state index contributed by atoms with van der Waals surface area (Å²) in [5, 5.41) is 9.76. The van der Waals surface area contributed by atoms with Crippen LogP contribution >= 0.6 is 11.3 Å². The molecule has 104 valence electrons. The first-order valence-electron chi connectivity index (χ1n) is 6.63. The van der Waals surface area contributed by atoms with Gasteiger partial charge in [-0.15, -0.1) is 0 Å². The molecule has 0 radical (unpaired) electrons. The number of nitrogens with two attached hydrogens (primary N) is 1. The van der Waals surface area contributed by atoms with Crippen molar-refractivity contribution in [3.05, 3.63) is 48.5 Å². The number of benzene rings is 2. The number of nitriles is 1. The predicted octanol–water partition coefficient (Wildman–Crippen LogP) is 3.93. The number of para-hydroxylation sites is 1. The van der Waals surface area contributed by atoms with Crippen molar-refractivity contribution in [1.29, 1.82) is 5.26 Å². The van der Waals surface area contributed by atoms with Crippen LogP contribution in [0.1, 0.15) is 6.42 Å². The van der Waals surface area contributed by atoms with Crippen LogP contribution in [0, 0.1) is 11.3 Å². The van der Waals surface area contributed by atoms with Crippen molar-refractivity contribution in [2.45, 2.75) is 6.42 Å². The molecule has 3 aromatic rings. The lowest BCUT2D eigenvalue weighted by atomic mass is 10.3. The summed E-state index contributed by atoms with van der Waals surface area (Å²) in [5.74, 6) is 0. The molecule has 3 rings (SSSR count). The van der Waals surface area contributed by atoms with Gasteiger partial charge in [0.2, 0.25) is 0 Å². The number of aromatic nitrogens is 1. The molecule has 5 heteroatoms. The monoisotopic (exact) mass is 294 g/mol. The molecule has 0 aliphatic heterocycles. The lowest BCUT2D eigenvalue weighted by molar-refractivity contribution is 0.943. The number of hydrogen-bond donors (Lipinski definition) is 1. The molecule has 0 fully saturated rings. The first-order chi connectivity index (χ1) is 10.3. The van der Waals surface area contributed by atoms with Gasteiger partial charge in [-0.05, 0) is 30.3 Å². The number of fused-ring (bicyclic) bond motifs is 1. The summed E-state index contributed by atoms with van der Waals surface area (Å²) < 4.78 is 1.06. The van der Waals surface area contributed by atoms with Crippen molar-refractivity contribution in [3.8, 4) is 6.07 Å². The Bertz CT molecular complexity index is 789. The molecule has 1 aromatic heterocycles. The second kappa shape index (κ2) is 5.81. The van der Waals surface area contributed by atoms with Crippen LogP contribution in [0.25, 0.3) is 10.2 Å². The van der Waals surface area contributed by atoms with E-state index >= 15 is 0 Å². The minimum absolute atomic E-state index is 0.451. The number of anilines is 3. The third kappa shape index (κ3) is 2.81. The molecule has 2 aromatic carbocycles. The molecule has 0 atom stereocenters. The number of nitrogens with zero attached hydrogens (tertiary/aromatic N) is 3. The maximum Gasteiger partial charge on any atom is 0.191 e. The molecule has 0 amide bonds. The van der Waals surface area contributed by atoms with E-state index in [2.05, 4.69) is 16.0 Å². The van der Waals surface area contributed by atoms with Crippen molar-refractivity contribution in [2.75, 3.05) is 17.2 Å². The van der Waals surface area contributed by atoms with Gasteiger partial charge in [-0.2, -0.15) is 5.26 Å². The molecule has 0 aliphatic carbocycles. The maximum absolute atomic E-state index is 8.87. The Balaban J connectivity index is 2.03. The molecule has 0 aliphatic rings. The average molecular weight is 294 g/mol. The van der Waals surface area contributed by atoms with Gasteiger partial charge in [0.05, 0.1) is 22.7 Å². The van der Waals surface area contributed by atoms with Gasteiger partial charge in [-0.3, -0.25) is 0 Å². The third-order valence-corrected chi connectivity index (χ3v) is 4.19. The number of rotatable bonds is 4. The number of hydrogen-bond acceptors (Lipinski definition) is 5. The lowest BCUT2D eigenvalue weighted by Gasteiger charge is -2.20. The smallest absolute Gasteiger partial charge is 0.191 e. The summed E-state index contributed by atoms with van der Waals surface area (Å²) in [6, 6.07) is 17.9. The van der Waals surface area contributed by atoms with Crippen molar-refractivity contribution in [1.82, 2.24) is 4.98 Å². The first kappa shape index (κ1) is 13.4. The second-order valence-electron chi connectivity index (χ2n) is 4.62. The summed E-state index contributed by atoms with van der Waals surface area (Å²) in [5.41, 5.74) is 8.53. The van der Waals surface area contributed by atoms with E-state index in [0.717, 1.165) is 26.7 Å². The summed E-state index contributed by atoms with van der Waals surface area (Å²) in [7, 11) is 0. The minimum atomic E-state index is 0.451. The second-order valence-corrected chi connectivity index (χ2v) is 5.63. The fraction of sp³-hybridized carbons (Fsp3) is 0.125. The molecule has 0 unspecified atom stereocenters. The topological polar surface area (TPSA) is 65.9 Å². The van der Waals surface area contributed by atoms with Crippen molar-refractivity contribution in [2.24, 2.45) is 0 Å². The van der Waals surface area contributed by atoms with Crippen molar-refractivity contribution < 1.29 is 0 Å². The van der Waals surface area contributed by atoms with Gasteiger partial charge in [-0.25, -0.2) is 4.98 Å². The van der Waals surface area contributed by atoms with E-state index in [1.165, 1.54) is 0 Å². The molecule has 0 saturated carbocycles. The minimum Gasteiger partial charge on any atom is -0.399 e. The Hall–Kier alpha value is -2.58. The van der Waals surface area contributed by atoms with Gasteiger partial charge in [-0.1, -0.05) is 29.5 Å². The van der Waals surface area contributed by atoms with Gasteiger partial charge >= 0.3 is 0 Å². The van der Waals surface area contributed by atoms with Gasteiger partial charge in [0, 0.05) is 17.9 Å². The quantitative estimate of drug-likeness (QED) is 0.740. The maximum atomic E-state index is 8.87. The fourth-order valence-corrected chi connectivity index (χ4v) is 3.21. The molecule has 4 nitrogen and oxygen atoms in total. The van der Waals surface area contributed by atoms with Crippen LogP contribution in [-0.2, 0) is 0 Å². The third-order valence-electron chi connectivity index (χ3n) is 3.15. The van der Waals surface area contributed by atoms with E-state index < -0.39 is 0 Å². The molecule has 21 heavy (non-hydrogen) atoms. The van der Waals surface area contributed by atoms with Gasteiger partial charge in [0.15, 0.2) is 5.13 Å². The first-order valence-corrected chi connectivity index (χ1v) is 7.45. The Kier molecular flexibility index (Phi) is 3.71. The summed E-state index contributed by atoms with van der Waals surface area (Å²) >= 11 is 1.59. The summed E-state index contributed by atoms with van der Waals surface area (Å²) in [6.45, 7) is 0.621. The van der Waals surface area contributed by atoms with Gasteiger partial charge < -0.3 is 10.6 Å². The van der Waals surface area contributed by atoms with Gasteiger partial charge in [0.25, 0.3) is 0 Å². The Labute approximate surface area is 127 Å². The van der Waals surface area contributed by atoms with E-state index in [4.69, 9.17) is 11.0 Å². The zero-order valence-corrected chi connectivity index (χ0v) is 12.2. The van der Waals surface area contributed by atoms with Crippen LogP contribution in [0.5, 0.6) is 0 Å². The Morgan fingerprint density at radius 3 is 2.76 bits per heavy atom. The lowest BCUT2D eigenvalue weighted by Crippen LogP contribution is -2.17. The van der Waals surface area contributed by atoms with Crippen LogP contribution in [0.15, 0.2) is 48.5 Å². The molecule has 1 heterocycles. The average Bonchev–Trinajstić information content (AvgIpc) is 2.91. The molecular weight excluding hydrogens is 280 g/mol. The number of nitrogen functional groups attached to an aromatic ring is 1. The van der Waals surface area contributed by atoms with Crippen LogP contribution in [0.2, 0.25) is 0 Å². The zero-order valence-electron chi connectivity index (χ0n) is 11.4. The Morgan fingerprint density at radius 1 is 1.19 bits per heavy atom. The normalized spacial score (nSPS) is 10.4. The molecule has 0 spiro atoms. The molecule has 0 saturated heterocycles. The highest BCUT2D eigenvalue weighted by atomic mass is 32.1. The zero-order chi connectivity index (χ0) is 14.7. The molecule has 2 N–H and O–H groups in total. The van der Waals surface area contributed by atoms with E-state index in [0.29, 0.717) is 13.0 Å². The van der Waals surface area contributed by atoms with E-state index in [1.807, 2.05) is 48.5 Å². The van der Waals surface area contributed by atoms with E-state index in [1.54, 1.807) is 11.3 Å². The van der Waals surface area contributed by atoms with Crippen LogP contribution in [0.4, 0.5) is 16.5 Å².